The fraction of sp³-hybridized carbons (Fsp3) is 0.0588. The Kier molecular flexibility index (Phi) is 3.83. The predicted octanol–water partition coefficient (Wildman–Crippen LogP) is 1.67. The third-order valence-electron chi connectivity index (χ3n) is 3.78. The molecule has 0 aliphatic carbocycles. The van der Waals surface area contributed by atoms with Crippen molar-refractivity contribution >= 4 is 22.8 Å². The van der Waals surface area contributed by atoms with Crippen molar-refractivity contribution in [3.05, 3.63) is 60.4 Å². The van der Waals surface area contributed by atoms with E-state index < -0.39 is 0 Å². The molecule has 9 heteroatoms. The first-order chi connectivity index (χ1) is 12.8. The second kappa shape index (κ2) is 6.45. The lowest BCUT2D eigenvalue weighted by Crippen LogP contribution is -2.11. The maximum Gasteiger partial charge on any atom is 0.178 e. The first-order valence-corrected chi connectivity index (χ1v) is 7.76. The highest BCUT2D eigenvalue weighted by Crippen LogP contribution is 2.21. The van der Waals surface area contributed by atoms with Gasteiger partial charge < -0.3 is 11.1 Å². The number of rotatable bonds is 4. The molecule has 0 fully saturated rings. The van der Waals surface area contributed by atoms with Crippen LogP contribution in [-0.4, -0.2) is 29.5 Å². The van der Waals surface area contributed by atoms with Crippen molar-refractivity contribution in [2.75, 3.05) is 11.1 Å². The van der Waals surface area contributed by atoms with Crippen LogP contribution in [0, 0.1) is 11.3 Å². The number of imidazole rings is 1. The summed E-state index contributed by atoms with van der Waals surface area (Å²) < 4.78 is 1.91. The Morgan fingerprint density at radius 3 is 2.77 bits per heavy atom. The van der Waals surface area contributed by atoms with E-state index >= 15 is 0 Å². The number of hydrogen-bond donors (Lipinski definition) is 2. The average molecular weight is 343 g/mol. The van der Waals surface area contributed by atoms with Crippen LogP contribution in [0.2, 0.25) is 0 Å². The Morgan fingerprint density at radius 1 is 1.08 bits per heavy atom. The minimum atomic E-state index is 0.130. The van der Waals surface area contributed by atoms with Gasteiger partial charge in [-0.25, -0.2) is 24.9 Å². The normalized spacial score (nSPS) is 10.6. The Hall–Kier alpha value is -4.06. The number of nitrogen functional groups attached to an aromatic ring is 1. The van der Waals surface area contributed by atoms with Gasteiger partial charge in [-0.15, -0.1) is 0 Å². The van der Waals surface area contributed by atoms with Gasteiger partial charge in [0.15, 0.2) is 5.65 Å². The van der Waals surface area contributed by atoms with E-state index in [0.717, 1.165) is 11.3 Å². The molecule has 0 atom stereocenters. The lowest BCUT2D eigenvalue weighted by molar-refractivity contribution is 0.885. The number of nitrogens with two attached hydrogens (primary N) is 1. The molecule has 26 heavy (non-hydrogen) atoms. The molecule has 4 aromatic rings. The van der Waals surface area contributed by atoms with E-state index in [4.69, 9.17) is 5.73 Å². The minimum Gasteiger partial charge on any atom is -0.382 e. The lowest BCUT2D eigenvalue weighted by atomic mass is 10.3. The van der Waals surface area contributed by atoms with Gasteiger partial charge in [-0.05, 0) is 24.3 Å². The van der Waals surface area contributed by atoms with Crippen LogP contribution in [0.1, 0.15) is 11.4 Å². The van der Waals surface area contributed by atoms with Gasteiger partial charge in [-0.2, -0.15) is 5.26 Å². The summed E-state index contributed by atoms with van der Waals surface area (Å²) >= 11 is 0. The molecule has 3 N–H and O–H groups in total. The summed E-state index contributed by atoms with van der Waals surface area (Å²) in [5.74, 6) is 1.89. The summed E-state index contributed by atoms with van der Waals surface area (Å²) in [6.07, 6.45) is 4.71. The Bertz CT molecular complexity index is 1110. The minimum absolute atomic E-state index is 0.130. The summed E-state index contributed by atoms with van der Waals surface area (Å²) in [5, 5.41) is 12.4. The van der Waals surface area contributed by atoms with Crippen molar-refractivity contribution in [3.8, 4) is 11.9 Å². The van der Waals surface area contributed by atoms with E-state index in [0.29, 0.717) is 23.8 Å². The molecule has 4 aromatic heterocycles. The maximum atomic E-state index is 9.25. The van der Waals surface area contributed by atoms with Gasteiger partial charge in [0.25, 0.3) is 0 Å². The number of nitriles is 1. The second-order valence-electron chi connectivity index (χ2n) is 5.35. The van der Waals surface area contributed by atoms with Crippen LogP contribution in [0.25, 0.3) is 17.0 Å². The average Bonchev–Trinajstić information content (AvgIpc) is 3.05. The zero-order valence-corrected chi connectivity index (χ0v) is 13.5. The van der Waals surface area contributed by atoms with Crippen LogP contribution in [0.15, 0.2) is 49.1 Å². The zero-order valence-electron chi connectivity index (χ0n) is 13.5. The smallest absolute Gasteiger partial charge is 0.178 e. The van der Waals surface area contributed by atoms with Gasteiger partial charge in [0, 0.05) is 12.4 Å². The number of aromatic nitrogens is 6. The Labute approximate surface area is 148 Å². The van der Waals surface area contributed by atoms with Crippen molar-refractivity contribution in [2.24, 2.45) is 0 Å². The van der Waals surface area contributed by atoms with Crippen LogP contribution in [-0.2, 0) is 6.54 Å². The number of pyridine rings is 2. The van der Waals surface area contributed by atoms with Crippen LogP contribution in [0.3, 0.4) is 0 Å². The number of fused-ring (bicyclic) bond motifs is 1. The molecule has 0 bridgehead atoms. The van der Waals surface area contributed by atoms with Crippen LogP contribution in [0.5, 0.6) is 0 Å². The molecule has 0 aliphatic heterocycles. The standard InChI is InChI=1S/C17H13N9/c18-8-11-15(19)23-10-24-16(11)22-9-14-25-17-12(4-3-7-21-17)26(14)13-5-1-2-6-20-13/h1-7,10H,9H2,(H3,19,22,23,24). The fourth-order valence-electron chi connectivity index (χ4n) is 2.63. The third kappa shape index (κ3) is 2.65. The molecule has 126 valence electrons. The molecular weight excluding hydrogens is 330 g/mol. The molecule has 0 saturated carbocycles. The van der Waals surface area contributed by atoms with Crippen molar-refractivity contribution in [3.63, 3.8) is 0 Å². The molecule has 0 aromatic carbocycles. The number of hydrogen-bond acceptors (Lipinski definition) is 8. The summed E-state index contributed by atoms with van der Waals surface area (Å²) in [6.45, 7) is 0.304. The topological polar surface area (TPSA) is 131 Å². The molecule has 0 unspecified atom stereocenters. The zero-order chi connectivity index (χ0) is 17.9. The molecule has 4 heterocycles. The van der Waals surface area contributed by atoms with Crippen LogP contribution in [0.4, 0.5) is 11.6 Å². The van der Waals surface area contributed by atoms with Crippen molar-refractivity contribution in [2.45, 2.75) is 6.54 Å². The number of nitrogens with zero attached hydrogens (tertiary/aromatic N) is 7. The number of nitrogens with one attached hydrogen (secondary N) is 1. The number of anilines is 2. The van der Waals surface area contributed by atoms with Crippen molar-refractivity contribution < 1.29 is 0 Å². The van der Waals surface area contributed by atoms with E-state index in [1.807, 2.05) is 41.0 Å². The van der Waals surface area contributed by atoms with E-state index in [1.54, 1.807) is 12.4 Å². The van der Waals surface area contributed by atoms with Crippen LogP contribution < -0.4 is 11.1 Å². The molecule has 4 rings (SSSR count). The fourth-order valence-corrected chi connectivity index (χ4v) is 2.63. The third-order valence-corrected chi connectivity index (χ3v) is 3.78. The molecular formula is C17H13N9. The largest absolute Gasteiger partial charge is 0.382 e. The molecule has 0 saturated heterocycles. The summed E-state index contributed by atoms with van der Waals surface area (Å²) in [6, 6.07) is 11.4. The summed E-state index contributed by atoms with van der Waals surface area (Å²) in [4.78, 5) is 21.2. The van der Waals surface area contributed by atoms with Crippen molar-refractivity contribution in [1.29, 1.82) is 5.26 Å². The van der Waals surface area contributed by atoms with Gasteiger partial charge >= 0.3 is 0 Å². The van der Waals surface area contributed by atoms with Gasteiger partial charge in [-0.3, -0.25) is 4.57 Å². The van der Waals surface area contributed by atoms with E-state index in [2.05, 4.69) is 30.2 Å². The molecule has 9 nitrogen and oxygen atoms in total. The quantitative estimate of drug-likeness (QED) is 0.572. The first-order valence-electron chi connectivity index (χ1n) is 7.76. The van der Waals surface area contributed by atoms with Gasteiger partial charge in [-0.1, -0.05) is 6.07 Å². The lowest BCUT2D eigenvalue weighted by Gasteiger charge is -2.10. The van der Waals surface area contributed by atoms with E-state index in [-0.39, 0.29) is 11.4 Å². The SMILES string of the molecule is N#Cc1c(N)ncnc1NCc1nc2ncccc2n1-c1ccccn1. The summed E-state index contributed by atoms with van der Waals surface area (Å²) in [7, 11) is 0. The highest BCUT2D eigenvalue weighted by Gasteiger charge is 2.15. The van der Waals surface area contributed by atoms with Crippen LogP contribution >= 0.6 is 0 Å². The maximum absolute atomic E-state index is 9.25. The first kappa shape index (κ1) is 15.5. The van der Waals surface area contributed by atoms with Crippen molar-refractivity contribution in [1.82, 2.24) is 29.5 Å². The van der Waals surface area contributed by atoms with Gasteiger partial charge in [0.05, 0.1) is 12.1 Å². The summed E-state index contributed by atoms with van der Waals surface area (Å²) in [5.41, 5.74) is 7.38. The molecule has 0 amide bonds. The molecule has 0 aliphatic rings. The predicted molar refractivity (Wildman–Crippen MR) is 95.1 cm³/mol. The van der Waals surface area contributed by atoms with Gasteiger partial charge in [0.2, 0.25) is 0 Å². The Morgan fingerprint density at radius 2 is 1.96 bits per heavy atom. The van der Waals surface area contributed by atoms with E-state index in [1.165, 1.54) is 6.33 Å². The Balaban J connectivity index is 1.76. The monoisotopic (exact) mass is 343 g/mol. The highest BCUT2D eigenvalue weighted by atomic mass is 15.2. The van der Waals surface area contributed by atoms with Gasteiger partial charge in [0.1, 0.15) is 41.2 Å². The second-order valence-corrected chi connectivity index (χ2v) is 5.35. The molecule has 0 spiro atoms. The van der Waals surface area contributed by atoms with E-state index in [9.17, 15) is 5.26 Å². The highest BCUT2D eigenvalue weighted by molar-refractivity contribution is 5.73. The molecule has 0 radical (unpaired) electrons.